The third kappa shape index (κ3) is 4.03. The summed E-state index contributed by atoms with van der Waals surface area (Å²) in [6, 6.07) is 7.99. The molecule has 3 heterocycles. The normalized spacial score (nSPS) is 11.9. The highest BCUT2D eigenvalue weighted by Crippen LogP contribution is 2.14. The molecule has 7 heteroatoms. The van der Waals surface area contributed by atoms with E-state index in [2.05, 4.69) is 39.7 Å². The Morgan fingerprint density at radius 2 is 2.04 bits per heavy atom. The van der Waals surface area contributed by atoms with E-state index < -0.39 is 0 Å². The highest BCUT2D eigenvalue weighted by Gasteiger charge is 2.04. The molecule has 0 saturated heterocycles. The largest absolute Gasteiger partial charge is 0.352 e. The number of hydrogen-bond acceptors (Lipinski definition) is 3. The second-order valence-electron chi connectivity index (χ2n) is 5.14. The van der Waals surface area contributed by atoms with Gasteiger partial charge in [-0.15, -0.1) is 11.3 Å². The van der Waals surface area contributed by atoms with Gasteiger partial charge >= 0.3 is 0 Å². The van der Waals surface area contributed by atoms with Crippen molar-refractivity contribution in [3.63, 3.8) is 0 Å². The zero-order valence-electron chi connectivity index (χ0n) is 13.0. The molecule has 120 valence electrons. The number of aromatic nitrogens is 2. The molecule has 0 spiro atoms. The fourth-order valence-electron chi connectivity index (χ4n) is 2.25. The Morgan fingerprint density at radius 1 is 1.22 bits per heavy atom. The van der Waals surface area contributed by atoms with E-state index in [4.69, 9.17) is 11.6 Å². The molecule has 0 radical (unpaired) electrons. The zero-order chi connectivity index (χ0) is 16.2. The van der Waals surface area contributed by atoms with E-state index >= 15 is 0 Å². The Labute approximate surface area is 144 Å². The lowest BCUT2D eigenvalue weighted by atomic mass is 10.4. The first-order valence-corrected chi connectivity index (χ1v) is 8.46. The van der Waals surface area contributed by atoms with Crippen molar-refractivity contribution in [2.45, 2.75) is 20.0 Å². The van der Waals surface area contributed by atoms with Gasteiger partial charge in [-0.25, -0.2) is 4.98 Å². The molecule has 23 heavy (non-hydrogen) atoms. The summed E-state index contributed by atoms with van der Waals surface area (Å²) in [5, 5.41) is 7.27. The Hall–Kier alpha value is -2.05. The third-order valence-corrected chi connectivity index (χ3v) is 4.58. The maximum absolute atomic E-state index is 5.99. The number of nitrogens with one attached hydrogen (secondary N) is 2. The first-order valence-electron chi connectivity index (χ1n) is 7.27. The molecule has 0 bridgehead atoms. The summed E-state index contributed by atoms with van der Waals surface area (Å²) in [4.78, 5) is 11.4. The Balaban J connectivity index is 1.58. The number of pyridine rings is 1. The lowest BCUT2D eigenvalue weighted by molar-refractivity contribution is 0.804. The maximum Gasteiger partial charge on any atom is 0.191 e. The monoisotopic (exact) mass is 347 g/mol. The first-order chi connectivity index (χ1) is 11.1. The summed E-state index contributed by atoms with van der Waals surface area (Å²) in [6.07, 6.45) is 3.81. The van der Waals surface area contributed by atoms with Crippen LogP contribution in [0.5, 0.6) is 0 Å². The average molecular weight is 348 g/mol. The lowest BCUT2D eigenvalue weighted by Gasteiger charge is -2.09. The van der Waals surface area contributed by atoms with E-state index in [1.54, 1.807) is 18.4 Å². The third-order valence-electron chi connectivity index (χ3n) is 3.35. The first kappa shape index (κ1) is 15.8. The summed E-state index contributed by atoms with van der Waals surface area (Å²) in [5.41, 5.74) is 1.81. The van der Waals surface area contributed by atoms with Crippen LogP contribution in [0.3, 0.4) is 0 Å². The number of hydrogen-bond donors (Lipinski definition) is 2. The van der Waals surface area contributed by atoms with Gasteiger partial charge < -0.3 is 15.0 Å². The van der Waals surface area contributed by atoms with Crippen molar-refractivity contribution in [3.8, 4) is 0 Å². The van der Waals surface area contributed by atoms with Crippen LogP contribution in [0.4, 0.5) is 0 Å². The molecule has 0 fully saturated rings. The molecule has 0 aliphatic rings. The van der Waals surface area contributed by atoms with Gasteiger partial charge in [0.15, 0.2) is 5.96 Å². The maximum atomic E-state index is 5.99. The molecule has 0 unspecified atom stereocenters. The molecule has 0 aliphatic carbocycles. The van der Waals surface area contributed by atoms with Crippen molar-refractivity contribution in [2.75, 3.05) is 7.05 Å². The second-order valence-corrected chi connectivity index (χ2v) is 6.95. The minimum atomic E-state index is 0.600. The molecule has 0 atom stereocenters. The molecular weight excluding hydrogens is 330 g/mol. The number of imidazole rings is 1. The van der Waals surface area contributed by atoms with Crippen molar-refractivity contribution in [1.29, 1.82) is 0 Å². The standard InChI is InChI=1S/C16H18ClN5S/c1-11-3-5-14(23-11)8-20-16(18-2)19-7-13-10-22-9-12(17)4-6-15(22)21-13/h3-6,9-10H,7-8H2,1-2H3,(H2,18,19,20). The SMILES string of the molecule is CN=C(NCc1cn2cc(Cl)ccc2n1)NCc1ccc(C)s1. The van der Waals surface area contributed by atoms with E-state index in [1.165, 1.54) is 9.75 Å². The molecule has 5 nitrogen and oxygen atoms in total. The molecule has 3 rings (SSSR count). The average Bonchev–Trinajstić information content (AvgIpc) is 3.12. The van der Waals surface area contributed by atoms with Crippen LogP contribution in [0, 0.1) is 6.92 Å². The number of aliphatic imine (C=N–C) groups is 1. The van der Waals surface area contributed by atoms with E-state index in [0.717, 1.165) is 23.8 Å². The minimum Gasteiger partial charge on any atom is -0.352 e. The summed E-state index contributed by atoms with van der Waals surface area (Å²) in [6.45, 7) is 3.47. The number of fused-ring (bicyclic) bond motifs is 1. The number of nitrogens with zero attached hydrogens (tertiary/aromatic N) is 3. The number of thiophene rings is 1. The molecule has 3 aromatic heterocycles. The van der Waals surface area contributed by atoms with Crippen LogP contribution in [0.1, 0.15) is 15.4 Å². The molecule has 0 aromatic carbocycles. The van der Waals surface area contributed by atoms with Crippen molar-refractivity contribution >= 4 is 34.5 Å². The van der Waals surface area contributed by atoms with Crippen LogP contribution < -0.4 is 10.6 Å². The number of guanidine groups is 1. The molecule has 3 aromatic rings. The second kappa shape index (κ2) is 7.02. The van der Waals surface area contributed by atoms with Gasteiger partial charge in [0.05, 0.1) is 23.8 Å². The van der Waals surface area contributed by atoms with Gasteiger partial charge in [0, 0.05) is 29.2 Å². The molecule has 0 saturated carbocycles. The fourth-order valence-corrected chi connectivity index (χ4v) is 3.25. The predicted molar refractivity (Wildman–Crippen MR) is 96.3 cm³/mol. The van der Waals surface area contributed by atoms with E-state index in [9.17, 15) is 0 Å². The van der Waals surface area contributed by atoms with E-state index in [0.29, 0.717) is 11.6 Å². The highest BCUT2D eigenvalue weighted by atomic mass is 35.5. The van der Waals surface area contributed by atoms with Gasteiger partial charge in [-0.1, -0.05) is 11.6 Å². The van der Waals surface area contributed by atoms with Gasteiger partial charge in [0.2, 0.25) is 0 Å². The van der Waals surface area contributed by atoms with E-state index in [1.807, 2.05) is 28.9 Å². The number of halogens is 1. The molecule has 0 amide bonds. The molecule has 2 N–H and O–H groups in total. The van der Waals surface area contributed by atoms with Crippen LogP contribution in [-0.2, 0) is 13.1 Å². The Bertz CT molecular complexity index is 836. The number of aryl methyl sites for hydroxylation is 1. The van der Waals surface area contributed by atoms with Gasteiger partial charge in [0.1, 0.15) is 5.65 Å². The minimum absolute atomic E-state index is 0.600. The van der Waals surface area contributed by atoms with Crippen molar-refractivity contribution < 1.29 is 0 Å². The fraction of sp³-hybridized carbons (Fsp3) is 0.250. The zero-order valence-corrected chi connectivity index (χ0v) is 14.6. The van der Waals surface area contributed by atoms with E-state index in [-0.39, 0.29) is 0 Å². The van der Waals surface area contributed by atoms with Crippen molar-refractivity contribution in [3.05, 3.63) is 57.1 Å². The molecule has 0 aliphatic heterocycles. The molecular formula is C16H18ClN5S. The lowest BCUT2D eigenvalue weighted by Crippen LogP contribution is -2.36. The van der Waals surface area contributed by atoms with Gasteiger partial charge in [0.25, 0.3) is 0 Å². The van der Waals surface area contributed by atoms with Crippen LogP contribution in [0.15, 0.2) is 41.7 Å². The van der Waals surface area contributed by atoms with Gasteiger partial charge in [-0.2, -0.15) is 0 Å². The van der Waals surface area contributed by atoms with Crippen molar-refractivity contribution in [2.24, 2.45) is 4.99 Å². The summed E-state index contributed by atoms with van der Waals surface area (Å²) in [7, 11) is 1.76. The van der Waals surface area contributed by atoms with Crippen LogP contribution in [0.2, 0.25) is 5.02 Å². The number of rotatable bonds is 4. The summed E-state index contributed by atoms with van der Waals surface area (Å²) < 4.78 is 1.92. The van der Waals surface area contributed by atoms with Gasteiger partial charge in [-0.05, 0) is 31.2 Å². The Morgan fingerprint density at radius 3 is 2.78 bits per heavy atom. The quantitative estimate of drug-likeness (QED) is 0.563. The predicted octanol–water partition coefficient (Wildman–Crippen LogP) is 3.22. The van der Waals surface area contributed by atoms with Crippen LogP contribution >= 0.6 is 22.9 Å². The topological polar surface area (TPSA) is 53.7 Å². The van der Waals surface area contributed by atoms with Crippen LogP contribution in [0.25, 0.3) is 5.65 Å². The highest BCUT2D eigenvalue weighted by molar-refractivity contribution is 7.11. The summed E-state index contributed by atoms with van der Waals surface area (Å²) >= 11 is 7.77. The van der Waals surface area contributed by atoms with Crippen LogP contribution in [-0.4, -0.2) is 22.4 Å². The smallest absolute Gasteiger partial charge is 0.191 e. The van der Waals surface area contributed by atoms with Gasteiger partial charge in [-0.3, -0.25) is 4.99 Å². The Kier molecular flexibility index (Phi) is 4.83. The van der Waals surface area contributed by atoms with Crippen molar-refractivity contribution in [1.82, 2.24) is 20.0 Å². The summed E-state index contributed by atoms with van der Waals surface area (Å²) in [5.74, 6) is 0.756.